The maximum atomic E-state index is 12.9. The predicted molar refractivity (Wildman–Crippen MR) is 103 cm³/mol. The van der Waals surface area contributed by atoms with Gasteiger partial charge in [-0.1, -0.05) is 20.8 Å². The Morgan fingerprint density at radius 3 is 2.41 bits per heavy atom. The third-order valence-corrected chi connectivity index (χ3v) is 6.07. The quantitative estimate of drug-likeness (QED) is 0.872. The summed E-state index contributed by atoms with van der Waals surface area (Å²) in [6.07, 6.45) is 4.53. The highest BCUT2D eigenvalue weighted by molar-refractivity contribution is 5.81. The van der Waals surface area contributed by atoms with E-state index in [1.54, 1.807) is 10.9 Å². The van der Waals surface area contributed by atoms with Gasteiger partial charge in [0.15, 0.2) is 5.54 Å². The van der Waals surface area contributed by atoms with Crippen LogP contribution in [-0.2, 0) is 20.5 Å². The molecular formula is C20H32N4O3. The van der Waals surface area contributed by atoms with Crippen molar-refractivity contribution in [2.75, 3.05) is 33.2 Å². The minimum atomic E-state index is -1.07. The van der Waals surface area contributed by atoms with Crippen LogP contribution in [0.2, 0.25) is 0 Å². The van der Waals surface area contributed by atoms with E-state index in [2.05, 4.69) is 37.8 Å². The Bertz CT molecular complexity index is 698. The van der Waals surface area contributed by atoms with Crippen molar-refractivity contribution < 1.29 is 14.7 Å². The van der Waals surface area contributed by atoms with Gasteiger partial charge in [0.25, 0.3) is 0 Å². The molecule has 1 atom stereocenters. The van der Waals surface area contributed by atoms with E-state index >= 15 is 0 Å². The second kappa shape index (κ2) is 7.26. The predicted octanol–water partition coefficient (Wildman–Crippen LogP) is 1.92. The first-order valence-corrected chi connectivity index (χ1v) is 9.91. The lowest BCUT2D eigenvalue weighted by Crippen LogP contribution is -2.54. The number of hydrogen-bond donors (Lipinski definition) is 1. The van der Waals surface area contributed by atoms with E-state index < -0.39 is 11.5 Å². The molecule has 1 aromatic rings. The maximum absolute atomic E-state index is 12.9. The van der Waals surface area contributed by atoms with E-state index in [1.807, 2.05) is 11.0 Å². The van der Waals surface area contributed by atoms with E-state index in [0.29, 0.717) is 25.9 Å². The zero-order valence-corrected chi connectivity index (χ0v) is 16.9. The number of nitrogens with zero attached hydrogens (tertiary/aromatic N) is 4. The van der Waals surface area contributed by atoms with Gasteiger partial charge in [0.1, 0.15) is 0 Å². The summed E-state index contributed by atoms with van der Waals surface area (Å²) in [6.45, 7) is 8.97. The Kier molecular flexibility index (Phi) is 5.34. The molecule has 3 heterocycles. The fraction of sp³-hybridized carbons (Fsp3) is 0.750. The number of aliphatic carboxylic acids is 1. The molecule has 2 aliphatic heterocycles. The summed E-state index contributed by atoms with van der Waals surface area (Å²) in [6, 6.07) is 1.90. The summed E-state index contributed by atoms with van der Waals surface area (Å²) in [4.78, 5) is 29.1. The number of likely N-dealkylation sites (tertiary alicyclic amines) is 2. The van der Waals surface area contributed by atoms with Gasteiger partial charge in [-0.2, -0.15) is 5.10 Å². The highest BCUT2D eigenvalue weighted by Gasteiger charge is 2.46. The minimum Gasteiger partial charge on any atom is -0.479 e. The summed E-state index contributed by atoms with van der Waals surface area (Å²) in [7, 11) is 2.05. The molecule has 1 N–H and O–H groups in total. The van der Waals surface area contributed by atoms with E-state index in [9.17, 15) is 14.7 Å². The van der Waals surface area contributed by atoms with Gasteiger partial charge >= 0.3 is 5.97 Å². The zero-order chi connectivity index (χ0) is 19.8. The van der Waals surface area contributed by atoms with Crippen molar-refractivity contribution in [3.63, 3.8) is 0 Å². The van der Waals surface area contributed by atoms with Crippen LogP contribution in [0.25, 0.3) is 0 Å². The van der Waals surface area contributed by atoms with Crippen molar-refractivity contribution in [2.24, 2.45) is 5.92 Å². The van der Waals surface area contributed by atoms with Crippen LogP contribution in [0.5, 0.6) is 0 Å². The summed E-state index contributed by atoms with van der Waals surface area (Å²) in [5.74, 6) is -0.648. The Hall–Kier alpha value is -1.89. The molecule has 1 aromatic heterocycles. The van der Waals surface area contributed by atoms with Crippen molar-refractivity contribution >= 4 is 11.9 Å². The van der Waals surface area contributed by atoms with E-state index in [1.165, 1.54) is 0 Å². The van der Waals surface area contributed by atoms with Crippen LogP contribution in [0.15, 0.2) is 12.3 Å². The number of carboxylic acids is 1. The van der Waals surface area contributed by atoms with Gasteiger partial charge in [0, 0.05) is 44.1 Å². The number of aromatic nitrogens is 2. The lowest BCUT2D eigenvalue weighted by Gasteiger charge is -2.41. The third kappa shape index (κ3) is 3.88. The average molecular weight is 377 g/mol. The number of amides is 1. The number of piperidine rings is 2. The van der Waals surface area contributed by atoms with Gasteiger partial charge in [-0.3, -0.25) is 9.48 Å². The van der Waals surface area contributed by atoms with Crippen LogP contribution >= 0.6 is 0 Å². The van der Waals surface area contributed by atoms with Crippen molar-refractivity contribution in [1.29, 1.82) is 0 Å². The molecule has 0 aliphatic carbocycles. The molecular weight excluding hydrogens is 344 g/mol. The van der Waals surface area contributed by atoms with Crippen LogP contribution in [0.1, 0.15) is 52.1 Å². The molecule has 150 valence electrons. The topological polar surface area (TPSA) is 78.7 Å². The number of carboxylic acid groups (broad SMARTS) is 1. The highest BCUT2D eigenvalue weighted by atomic mass is 16.4. The highest BCUT2D eigenvalue weighted by Crippen LogP contribution is 2.33. The van der Waals surface area contributed by atoms with E-state index in [0.717, 1.165) is 31.6 Å². The number of rotatable bonds is 3. The molecule has 7 nitrogen and oxygen atoms in total. The standard InChI is InChI=1S/C20H32N4O3/c1-19(2,3)16-7-11-24(21-16)20(18(26)27)8-12-23(13-9-20)17(25)15-6-5-10-22(4)14-15/h7,11,15H,5-6,8-10,12-14H2,1-4H3,(H,26,27)/t15-/m1/s1. The van der Waals surface area contributed by atoms with E-state index in [4.69, 9.17) is 0 Å². The molecule has 3 rings (SSSR count). The number of hydrogen-bond acceptors (Lipinski definition) is 4. The van der Waals surface area contributed by atoms with Gasteiger partial charge in [0.05, 0.1) is 11.6 Å². The fourth-order valence-electron chi connectivity index (χ4n) is 4.23. The van der Waals surface area contributed by atoms with Crippen LogP contribution in [0.4, 0.5) is 0 Å². The van der Waals surface area contributed by atoms with Crippen LogP contribution in [0.3, 0.4) is 0 Å². The van der Waals surface area contributed by atoms with Gasteiger partial charge in [0.2, 0.25) is 5.91 Å². The first-order chi connectivity index (χ1) is 12.6. The monoisotopic (exact) mass is 376 g/mol. The number of carbonyl (C=O) groups is 2. The molecule has 2 saturated heterocycles. The molecule has 2 fully saturated rings. The Labute approximate surface area is 161 Å². The second-order valence-corrected chi connectivity index (χ2v) is 9.16. The largest absolute Gasteiger partial charge is 0.479 e. The molecule has 2 aliphatic rings. The SMILES string of the molecule is CN1CCC[C@@H](C(=O)N2CCC(C(=O)O)(n3ccc(C(C)(C)C)n3)CC2)C1. The fourth-order valence-corrected chi connectivity index (χ4v) is 4.23. The lowest BCUT2D eigenvalue weighted by molar-refractivity contribution is -0.154. The molecule has 1 amide bonds. The molecule has 0 saturated carbocycles. The second-order valence-electron chi connectivity index (χ2n) is 9.16. The van der Waals surface area contributed by atoms with Crippen molar-refractivity contribution in [3.8, 4) is 0 Å². The van der Waals surface area contributed by atoms with Crippen LogP contribution in [-0.4, -0.2) is 69.8 Å². The molecule has 0 aromatic carbocycles. The average Bonchev–Trinajstić information content (AvgIpc) is 3.12. The number of carbonyl (C=O) groups excluding carboxylic acids is 1. The molecule has 0 radical (unpaired) electrons. The Morgan fingerprint density at radius 2 is 1.89 bits per heavy atom. The molecule has 7 heteroatoms. The molecule has 0 spiro atoms. The Balaban J connectivity index is 1.73. The van der Waals surface area contributed by atoms with Gasteiger partial charge in [-0.25, -0.2) is 4.79 Å². The lowest BCUT2D eigenvalue weighted by atomic mass is 9.86. The van der Waals surface area contributed by atoms with Gasteiger partial charge < -0.3 is 14.9 Å². The first kappa shape index (κ1) is 19.9. The summed E-state index contributed by atoms with van der Waals surface area (Å²) < 4.78 is 1.62. The van der Waals surface area contributed by atoms with Gasteiger partial charge in [-0.05, 0) is 32.5 Å². The summed E-state index contributed by atoms with van der Waals surface area (Å²) in [5, 5.41) is 14.6. The summed E-state index contributed by atoms with van der Waals surface area (Å²) in [5.41, 5.74) is -0.315. The third-order valence-electron chi connectivity index (χ3n) is 6.07. The zero-order valence-electron chi connectivity index (χ0n) is 16.9. The van der Waals surface area contributed by atoms with Crippen LogP contribution in [0, 0.1) is 5.92 Å². The normalized spacial score (nSPS) is 24.0. The molecule has 0 unspecified atom stereocenters. The van der Waals surface area contributed by atoms with E-state index in [-0.39, 0.29) is 17.2 Å². The van der Waals surface area contributed by atoms with Crippen molar-refractivity contribution in [3.05, 3.63) is 18.0 Å². The maximum Gasteiger partial charge on any atom is 0.331 e. The molecule has 0 bridgehead atoms. The summed E-state index contributed by atoms with van der Waals surface area (Å²) >= 11 is 0. The Morgan fingerprint density at radius 1 is 1.22 bits per heavy atom. The minimum absolute atomic E-state index is 0.0401. The van der Waals surface area contributed by atoms with Crippen molar-refractivity contribution in [2.45, 2.75) is 57.4 Å². The smallest absolute Gasteiger partial charge is 0.331 e. The first-order valence-electron chi connectivity index (χ1n) is 9.91. The van der Waals surface area contributed by atoms with Crippen LogP contribution < -0.4 is 0 Å². The van der Waals surface area contributed by atoms with Gasteiger partial charge in [-0.15, -0.1) is 0 Å². The molecule has 27 heavy (non-hydrogen) atoms. The van der Waals surface area contributed by atoms with Crippen molar-refractivity contribution in [1.82, 2.24) is 19.6 Å².